The predicted octanol–water partition coefficient (Wildman–Crippen LogP) is 3.42. The molecule has 0 saturated carbocycles. The van der Waals surface area contributed by atoms with Crippen LogP contribution in [0.2, 0.25) is 5.15 Å². The van der Waals surface area contributed by atoms with Gasteiger partial charge in [-0.05, 0) is 0 Å². The minimum atomic E-state index is -1.34. The highest BCUT2D eigenvalue weighted by molar-refractivity contribution is 8.05. The lowest BCUT2D eigenvalue weighted by molar-refractivity contribution is 0.161. The average molecular weight is 530 g/mol. The highest BCUT2D eigenvalue weighted by Crippen LogP contribution is 2.42. The molecule has 0 amide bonds. The van der Waals surface area contributed by atoms with Crippen LogP contribution in [0.25, 0.3) is 11.2 Å². The molecule has 10 nitrogen and oxygen atoms in total. The number of hydrogen-bond donors (Lipinski definition) is 2. The molecule has 4 rings (SSSR count). The van der Waals surface area contributed by atoms with Crippen LogP contribution in [0.5, 0.6) is 0 Å². The Morgan fingerprint density at radius 1 is 1.19 bits per heavy atom. The van der Waals surface area contributed by atoms with Gasteiger partial charge < -0.3 is 24.9 Å². The van der Waals surface area contributed by atoms with Crippen LogP contribution in [0.4, 0.5) is 5.95 Å². The fourth-order valence-corrected chi connectivity index (χ4v) is 7.55. The van der Waals surface area contributed by atoms with Crippen molar-refractivity contribution in [2.24, 2.45) is 0 Å². The van der Waals surface area contributed by atoms with Gasteiger partial charge in [-0.1, -0.05) is 51.7 Å². The highest BCUT2D eigenvalue weighted by Gasteiger charge is 2.38. The van der Waals surface area contributed by atoms with Crippen LogP contribution in [0.15, 0.2) is 6.33 Å². The first-order chi connectivity index (χ1) is 14.3. The van der Waals surface area contributed by atoms with Gasteiger partial charge in [0.15, 0.2) is 10.8 Å². The van der Waals surface area contributed by atoms with E-state index in [0.29, 0.717) is 30.9 Å². The maximum absolute atomic E-state index is 11.4. The number of aliphatic hydroxyl groups is 1. The summed E-state index contributed by atoms with van der Waals surface area (Å²) in [6, 6.07) is 0. The van der Waals surface area contributed by atoms with Gasteiger partial charge in [0.2, 0.25) is 5.95 Å². The summed E-state index contributed by atoms with van der Waals surface area (Å²) >= 11 is 9.02. The molecule has 2 aliphatic rings. The van der Waals surface area contributed by atoms with Crippen LogP contribution in [0.1, 0.15) is 7.43 Å². The summed E-state index contributed by atoms with van der Waals surface area (Å²) in [6.07, 6.45) is 1.66. The van der Waals surface area contributed by atoms with Gasteiger partial charge >= 0.3 is 26.0 Å². The topological polar surface area (TPSA) is 142 Å². The van der Waals surface area contributed by atoms with E-state index in [1.807, 2.05) is 4.57 Å². The number of halogens is 1. The van der Waals surface area contributed by atoms with Crippen molar-refractivity contribution >= 4 is 67.8 Å². The van der Waals surface area contributed by atoms with Crippen LogP contribution in [-0.2, 0) is 25.1 Å². The van der Waals surface area contributed by atoms with Gasteiger partial charge in [-0.25, -0.2) is 4.98 Å². The number of ether oxygens (including phenoxy) is 2. The highest BCUT2D eigenvalue weighted by atomic mass is 35.5. The molecule has 2 aromatic heterocycles. The van der Waals surface area contributed by atoms with Crippen molar-refractivity contribution in [1.82, 2.24) is 19.5 Å². The Balaban J connectivity index is 0.000000264. The standard InChI is InChI=1S/C10H12ClN5O2PS.C5H10O3PS.CH4/c1-19(17)10-18-3-5(20-10)2-16-4-13-6-7(11)14-9(12)15-8(6)16;1-9(7)5-8-3-4(2-6)10-5;/h4-5,10H,2-3H2,1H3,(H2,12,14,15);4-6H,2-3H2,1H3;1H4/q2*+1;. The lowest BCUT2D eigenvalue weighted by atomic mass is 10.4. The molecule has 172 valence electrons. The second-order valence-corrected chi connectivity index (χ2v) is 13.4. The number of thioether (sulfide) groups is 2. The summed E-state index contributed by atoms with van der Waals surface area (Å²) in [7, 11) is -2.59. The summed E-state index contributed by atoms with van der Waals surface area (Å²) in [5.74, 6) is 0.120. The van der Waals surface area contributed by atoms with Crippen molar-refractivity contribution in [3.63, 3.8) is 0 Å². The Labute approximate surface area is 196 Å². The van der Waals surface area contributed by atoms with Gasteiger partial charge in [-0.2, -0.15) is 9.97 Å². The van der Waals surface area contributed by atoms with Crippen molar-refractivity contribution < 1.29 is 23.7 Å². The van der Waals surface area contributed by atoms with Crippen molar-refractivity contribution in [2.75, 3.05) is 38.9 Å². The molecule has 15 heteroatoms. The molecule has 6 atom stereocenters. The second kappa shape index (κ2) is 12.0. The van der Waals surface area contributed by atoms with E-state index in [9.17, 15) is 9.13 Å². The first-order valence-electron chi connectivity index (χ1n) is 8.87. The summed E-state index contributed by atoms with van der Waals surface area (Å²) in [5, 5.41) is 8.83. The number of nitrogens with zero attached hydrogens (tertiary/aromatic N) is 4. The zero-order chi connectivity index (χ0) is 21.8. The Morgan fingerprint density at radius 3 is 2.29 bits per heavy atom. The van der Waals surface area contributed by atoms with E-state index in [2.05, 4.69) is 15.0 Å². The molecule has 3 N–H and O–H groups in total. The third-order valence-electron chi connectivity index (χ3n) is 4.10. The summed E-state index contributed by atoms with van der Waals surface area (Å²) in [4.78, 5) is 12.2. The minimum Gasteiger partial charge on any atom is -0.395 e. The summed E-state index contributed by atoms with van der Waals surface area (Å²) < 4.78 is 34.8. The first-order valence-corrected chi connectivity index (χ1v) is 14.7. The van der Waals surface area contributed by atoms with Crippen LogP contribution in [0, 0.1) is 0 Å². The molecule has 2 aromatic rings. The van der Waals surface area contributed by atoms with Crippen LogP contribution < -0.4 is 5.73 Å². The lowest BCUT2D eigenvalue weighted by Crippen LogP contribution is -2.13. The molecule has 2 saturated heterocycles. The van der Waals surface area contributed by atoms with E-state index >= 15 is 0 Å². The fourth-order valence-electron chi connectivity index (χ4n) is 2.72. The number of rotatable bonds is 5. The van der Waals surface area contributed by atoms with Gasteiger partial charge in [0.1, 0.15) is 18.8 Å². The van der Waals surface area contributed by atoms with Crippen molar-refractivity contribution in [3.8, 4) is 0 Å². The number of fused-ring (bicyclic) bond motifs is 1. The van der Waals surface area contributed by atoms with Gasteiger partial charge in [0.25, 0.3) is 0 Å². The molecule has 0 bridgehead atoms. The quantitative estimate of drug-likeness (QED) is 0.434. The molecular weight excluding hydrogens is 504 g/mol. The van der Waals surface area contributed by atoms with Crippen LogP contribution in [0.3, 0.4) is 0 Å². The van der Waals surface area contributed by atoms with E-state index in [1.165, 1.54) is 11.8 Å². The Morgan fingerprint density at radius 2 is 1.77 bits per heavy atom. The van der Waals surface area contributed by atoms with Gasteiger partial charge in [0.05, 0.1) is 36.6 Å². The number of hydrogen-bond acceptors (Lipinski definition) is 11. The SMILES string of the molecule is C.C[P+](=O)C1OCC(CO)S1.C[P+](=O)C1OCC(Cn2cnc3c(Cl)nc(N)nc32)S1. The molecule has 4 heterocycles. The second-order valence-electron chi connectivity index (χ2n) is 6.51. The van der Waals surface area contributed by atoms with E-state index in [4.69, 9.17) is 31.9 Å². The maximum atomic E-state index is 11.4. The van der Waals surface area contributed by atoms with Crippen molar-refractivity contribution in [2.45, 2.75) is 34.8 Å². The van der Waals surface area contributed by atoms with E-state index in [-0.39, 0.29) is 46.0 Å². The number of nitrogen functional groups attached to an aromatic ring is 1. The normalized spacial score (nSPS) is 26.2. The van der Waals surface area contributed by atoms with Gasteiger partial charge in [-0.15, -0.1) is 0 Å². The summed E-state index contributed by atoms with van der Waals surface area (Å²) in [6.45, 7) is 5.17. The Hall–Kier alpha value is -0.580. The smallest absolute Gasteiger partial charge is 0.378 e. The molecule has 0 aromatic carbocycles. The average Bonchev–Trinajstić information content (AvgIpc) is 3.42. The van der Waals surface area contributed by atoms with Crippen molar-refractivity contribution in [3.05, 3.63) is 11.5 Å². The van der Waals surface area contributed by atoms with Crippen LogP contribution in [-0.4, -0.2) is 78.6 Å². The van der Waals surface area contributed by atoms with Gasteiger partial charge in [0, 0.05) is 6.54 Å². The molecule has 0 aliphatic carbocycles. The maximum Gasteiger partial charge on any atom is 0.378 e. The monoisotopic (exact) mass is 529 g/mol. The molecule has 6 unspecified atom stereocenters. The molecule has 2 fully saturated rings. The number of aromatic nitrogens is 4. The van der Waals surface area contributed by atoms with E-state index in [1.54, 1.807) is 31.4 Å². The zero-order valence-electron chi connectivity index (χ0n) is 16.3. The predicted molar refractivity (Wildman–Crippen MR) is 128 cm³/mol. The van der Waals surface area contributed by atoms with Gasteiger partial charge in [-0.3, -0.25) is 0 Å². The third-order valence-corrected chi connectivity index (χ3v) is 10.4. The number of anilines is 1. The molecule has 2 aliphatic heterocycles. The molecule has 0 spiro atoms. The largest absolute Gasteiger partial charge is 0.395 e. The Kier molecular flexibility index (Phi) is 10.4. The van der Waals surface area contributed by atoms with Crippen molar-refractivity contribution in [1.29, 1.82) is 0 Å². The molecule has 0 radical (unpaired) electrons. The summed E-state index contributed by atoms with van der Waals surface area (Å²) in [5.41, 5.74) is 6.74. The minimum absolute atomic E-state index is 0. The fraction of sp³-hybridized carbons (Fsp3) is 0.688. The number of imidazole rings is 1. The zero-order valence-corrected chi connectivity index (χ0v) is 20.4. The van der Waals surface area contributed by atoms with Crippen LogP contribution >= 0.6 is 50.7 Å². The lowest BCUT2D eigenvalue weighted by Gasteiger charge is -2.07. The molecular formula is C16H26ClN5O5P2S2+2. The number of nitrogens with two attached hydrogens (primary N) is 1. The van der Waals surface area contributed by atoms with E-state index < -0.39 is 15.6 Å². The number of aliphatic hydroxyl groups excluding tert-OH is 1. The molecule has 31 heavy (non-hydrogen) atoms. The van der Waals surface area contributed by atoms with E-state index in [0.717, 1.165) is 0 Å². The third kappa shape index (κ3) is 6.95. The Bertz CT molecular complexity index is 939. The first kappa shape index (κ1) is 26.7.